The van der Waals surface area contributed by atoms with Crippen LogP contribution in [0.1, 0.15) is 12.5 Å². The number of thiazole rings is 1. The second-order valence-electron chi connectivity index (χ2n) is 7.43. The van der Waals surface area contributed by atoms with Gasteiger partial charge in [-0.25, -0.2) is 4.98 Å². The van der Waals surface area contributed by atoms with Crippen LogP contribution in [-0.4, -0.2) is 31.3 Å². The molecule has 0 fully saturated rings. The van der Waals surface area contributed by atoms with Crippen molar-refractivity contribution in [2.45, 2.75) is 24.3 Å². The topological polar surface area (TPSA) is 93.8 Å². The first kappa shape index (κ1) is 21.3. The van der Waals surface area contributed by atoms with Gasteiger partial charge in [0, 0.05) is 29.2 Å². The predicted molar refractivity (Wildman–Crippen MR) is 131 cm³/mol. The summed E-state index contributed by atoms with van der Waals surface area (Å²) in [6, 6.07) is 17.5. The standard InChI is InChI=1S/C24H19N5O2S2/c1-14-3-8-19-20(13-14)33-23(27-19)17-4-6-18(7-5-17)26-21(30)15(2)32-24-29-28-22(31-24)16-9-11-25-12-10-16/h3-13,15H,1-2H3,(H,26,30). The molecular formula is C24H19N5O2S2. The largest absolute Gasteiger partial charge is 0.411 e. The summed E-state index contributed by atoms with van der Waals surface area (Å²) in [5.74, 6) is 0.250. The number of thioether (sulfide) groups is 1. The second-order valence-corrected chi connectivity index (χ2v) is 9.75. The van der Waals surface area contributed by atoms with Gasteiger partial charge in [0.1, 0.15) is 5.01 Å². The summed E-state index contributed by atoms with van der Waals surface area (Å²) in [6.45, 7) is 3.88. The van der Waals surface area contributed by atoms with E-state index in [2.05, 4.69) is 39.6 Å². The lowest BCUT2D eigenvalue weighted by molar-refractivity contribution is -0.115. The summed E-state index contributed by atoms with van der Waals surface area (Å²) >= 11 is 2.88. The van der Waals surface area contributed by atoms with E-state index in [0.717, 1.165) is 27.3 Å². The number of aryl methyl sites for hydroxylation is 1. The number of pyridine rings is 1. The maximum Gasteiger partial charge on any atom is 0.277 e. The number of fused-ring (bicyclic) bond motifs is 1. The van der Waals surface area contributed by atoms with Gasteiger partial charge in [0.2, 0.25) is 11.8 Å². The quantitative estimate of drug-likeness (QED) is 0.310. The predicted octanol–water partition coefficient (Wildman–Crippen LogP) is 5.84. The van der Waals surface area contributed by atoms with Crippen LogP contribution in [0.15, 0.2) is 76.6 Å². The van der Waals surface area contributed by atoms with E-state index in [0.29, 0.717) is 11.1 Å². The highest BCUT2D eigenvalue weighted by Gasteiger charge is 2.19. The minimum Gasteiger partial charge on any atom is -0.411 e. The number of nitrogens with one attached hydrogen (secondary N) is 1. The first-order valence-corrected chi connectivity index (χ1v) is 11.9. The summed E-state index contributed by atoms with van der Waals surface area (Å²) < 4.78 is 6.83. The molecule has 0 saturated heterocycles. The third-order valence-corrected chi connectivity index (χ3v) is 6.93. The lowest BCUT2D eigenvalue weighted by atomic mass is 10.2. The molecule has 9 heteroatoms. The molecule has 3 heterocycles. The molecule has 1 N–H and O–H groups in total. The van der Waals surface area contributed by atoms with Gasteiger partial charge in [0.25, 0.3) is 5.22 Å². The van der Waals surface area contributed by atoms with Crippen LogP contribution in [0, 0.1) is 6.92 Å². The second kappa shape index (κ2) is 9.13. The van der Waals surface area contributed by atoms with Gasteiger partial charge in [-0.3, -0.25) is 9.78 Å². The zero-order chi connectivity index (χ0) is 22.8. The number of carbonyl (C=O) groups excluding carboxylic acids is 1. The normalized spacial score (nSPS) is 12.1. The van der Waals surface area contributed by atoms with Crippen LogP contribution >= 0.6 is 23.1 Å². The molecule has 0 bridgehead atoms. The van der Waals surface area contributed by atoms with Gasteiger partial charge >= 0.3 is 0 Å². The third-order valence-electron chi connectivity index (χ3n) is 4.92. The highest BCUT2D eigenvalue weighted by atomic mass is 32.2. The van der Waals surface area contributed by atoms with Crippen LogP contribution in [0.5, 0.6) is 0 Å². The Bertz CT molecular complexity index is 1410. The molecule has 33 heavy (non-hydrogen) atoms. The van der Waals surface area contributed by atoms with Crippen molar-refractivity contribution in [2.75, 3.05) is 5.32 Å². The SMILES string of the molecule is Cc1ccc2nc(-c3ccc(NC(=O)C(C)Sc4nnc(-c5ccncc5)o4)cc3)sc2c1. The highest BCUT2D eigenvalue weighted by molar-refractivity contribution is 8.00. The molecule has 0 aliphatic rings. The fourth-order valence-electron chi connectivity index (χ4n) is 3.17. The van der Waals surface area contributed by atoms with Gasteiger partial charge in [0.15, 0.2) is 0 Å². The Morgan fingerprint density at radius 3 is 2.61 bits per heavy atom. The number of hydrogen-bond donors (Lipinski definition) is 1. The van der Waals surface area contributed by atoms with Crippen molar-refractivity contribution >= 4 is 44.9 Å². The molecule has 0 saturated carbocycles. The molecule has 5 aromatic rings. The molecule has 5 rings (SSSR count). The number of rotatable bonds is 6. The van der Waals surface area contributed by atoms with Crippen LogP contribution in [0.4, 0.5) is 5.69 Å². The fourth-order valence-corrected chi connectivity index (χ4v) is 4.92. The van der Waals surface area contributed by atoms with Gasteiger partial charge in [0.05, 0.1) is 15.5 Å². The van der Waals surface area contributed by atoms with Crippen LogP contribution in [0.2, 0.25) is 0 Å². The lowest BCUT2D eigenvalue weighted by Gasteiger charge is -2.10. The number of anilines is 1. The van der Waals surface area contributed by atoms with Crippen LogP contribution < -0.4 is 5.32 Å². The number of benzene rings is 2. The number of nitrogens with zero attached hydrogens (tertiary/aromatic N) is 4. The lowest BCUT2D eigenvalue weighted by Crippen LogP contribution is -2.22. The van der Waals surface area contributed by atoms with Crippen molar-refractivity contribution in [1.82, 2.24) is 20.2 Å². The van der Waals surface area contributed by atoms with Gasteiger partial charge < -0.3 is 9.73 Å². The van der Waals surface area contributed by atoms with Crippen LogP contribution in [0.25, 0.3) is 32.2 Å². The maximum absolute atomic E-state index is 12.7. The number of amides is 1. The van der Waals surface area contributed by atoms with E-state index in [-0.39, 0.29) is 5.91 Å². The fraction of sp³-hybridized carbons (Fsp3) is 0.125. The zero-order valence-corrected chi connectivity index (χ0v) is 19.5. The Morgan fingerprint density at radius 1 is 1.03 bits per heavy atom. The molecule has 1 amide bonds. The van der Waals surface area contributed by atoms with E-state index in [9.17, 15) is 4.79 Å². The van der Waals surface area contributed by atoms with Crippen molar-refractivity contribution in [3.8, 4) is 22.0 Å². The molecule has 164 valence electrons. The first-order valence-electron chi connectivity index (χ1n) is 10.2. The molecule has 1 unspecified atom stereocenters. The van der Waals surface area contributed by atoms with Crippen molar-refractivity contribution < 1.29 is 9.21 Å². The van der Waals surface area contributed by atoms with E-state index in [1.165, 1.54) is 22.0 Å². The third kappa shape index (κ3) is 4.79. The van der Waals surface area contributed by atoms with E-state index >= 15 is 0 Å². The molecular weight excluding hydrogens is 454 g/mol. The van der Waals surface area contributed by atoms with Gasteiger partial charge in [-0.2, -0.15) is 0 Å². The smallest absolute Gasteiger partial charge is 0.277 e. The summed E-state index contributed by atoms with van der Waals surface area (Å²) in [5.41, 5.74) is 4.73. The van der Waals surface area contributed by atoms with Crippen LogP contribution in [-0.2, 0) is 4.79 Å². The van der Waals surface area contributed by atoms with Crippen molar-refractivity contribution in [3.63, 3.8) is 0 Å². The summed E-state index contributed by atoms with van der Waals surface area (Å²) in [7, 11) is 0. The van der Waals surface area contributed by atoms with E-state index in [4.69, 9.17) is 9.40 Å². The zero-order valence-electron chi connectivity index (χ0n) is 17.9. The van der Waals surface area contributed by atoms with E-state index in [1.54, 1.807) is 42.8 Å². The Hall–Kier alpha value is -3.56. The van der Waals surface area contributed by atoms with Gasteiger partial charge in [-0.1, -0.05) is 17.8 Å². The molecule has 0 aliphatic carbocycles. The summed E-state index contributed by atoms with van der Waals surface area (Å²) in [4.78, 5) is 21.3. The van der Waals surface area contributed by atoms with Crippen molar-refractivity contribution in [3.05, 3.63) is 72.6 Å². The Balaban J connectivity index is 1.22. The number of carbonyl (C=O) groups is 1. The van der Waals surface area contributed by atoms with Gasteiger partial charge in [-0.05, 0) is 67.9 Å². The average Bonchev–Trinajstić information content (AvgIpc) is 3.47. The molecule has 1 atom stereocenters. The Morgan fingerprint density at radius 2 is 1.82 bits per heavy atom. The first-order chi connectivity index (χ1) is 16.0. The van der Waals surface area contributed by atoms with Crippen molar-refractivity contribution in [2.24, 2.45) is 0 Å². The van der Waals surface area contributed by atoms with Crippen LogP contribution in [0.3, 0.4) is 0 Å². The van der Waals surface area contributed by atoms with E-state index < -0.39 is 5.25 Å². The molecule has 3 aromatic heterocycles. The summed E-state index contributed by atoms with van der Waals surface area (Å²) in [5, 5.41) is 11.9. The monoisotopic (exact) mass is 473 g/mol. The summed E-state index contributed by atoms with van der Waals surface area (Å²) in [6.07, 6.45) is 3.32. The molecule has 0 spiro atoms. The number of hydrogen-bond acceptors (Lipinski definition) is 8. The molecule has 0 radical (unpaired) electrons. The Kier molecular flexibility index (Phi) is 5.89. The number of aromatic nitrogens is 4. The maximum atomic E-state index is 12.7. The Labute approximate surface area is 198 Å². The molecule has 7 nitrogen and oxygen atoms in total. The van der Waals surface area contributed by atoms with E-state index in [1.807, 2.05) is 30.3 Å². The highest BCUT2D eigenvalue weighted by Crippen LogP contribution is 2.31. The van der Waals surface area contributed by atoms with Crippen molar-refractivity contribution in [1.29, 1.82) is 0 Å². The molecule has 2 aromatic carbocycles. The average molecular weight is 474 g/mol. The minimum absolute atomic E-state index is 0.146. The van der Waals surface area contributed by atoms with Gasteiger partial charge in [-0.15, -0.1) is 21.5 Å². The minimum atomic E-state index is -0.414. The molecule has 0 aliphatic heterocycles.